The lowest BCUT2D eigenvalue weighted by Gasteiger charge is -2.21. The van der Waals surface area contributed by atoms with Crippen LogP contribution in [-0.2, 0) is 12.8 Å². The minimum absolute atomic E-state index is 0.0765. The zero-order chi connectivity index (χ0) is 27.2. The van der Waals surface area contributed by atoms with Gasteiger partial charge in [-0.1, -0.05) is 18.2 Å². The van der Waals surface area contributed by atoms with Crippen molar-refractivity contribution in [3.63, 3.8) is 0 Å². The van der Waals surface area contributed by atoms with Crippen molar-refractivity contribution >= 4 is 5.78 Å². The zero-order valence-electron chi connectivity index (χ0n) is 21.0. The lowest BCUT2D eigenvalue weighted by Crippen LogP contribution is -2.06. The van der Waals surface area contributed by atoms with Gasteiger partial charge < -0.3 is 30.3 Å². The molecule has 0 aromatic heterocycles. The second kappa shape index (κ2) is 11.6. The number of aryl methyl sites for hydroxylation is 2. The first kappa shape index (κ1) is 26.4. The quantitative estimate of drug-likeness (QED) is 0.169. The molecule has 196 valence electrons. The van der Waals surface area contributed by atoms with Gasteiger partial charge in [0.2, 0.25) is 0 Å². The molecule has 0 aliphatic heterocycles. The average Bonchev–Trinajstić information content (AvgIpc) is 2.90. The summed E-state index contributed by atoms with van der Waals surface area (Å²) in [5, 5.41) is 50.5. The maximum absolute atomic E-state index is 12.7. The van der Waals surface area contributed by atoms with Crippen molar-refractivity contribution in [2.24, 2.45) is 0 Å². The zero-order valence-corrected chi connectivity index (χ0v) is 21.0. The Morgan fingerprint density at radius 2 is 1.34 bits per heavy atom. The number of aromatic hydroxyl groups is 5. The predicted octanol–water partition coefficient (Wildman–Crippen LogP) is 5.80. The molecule has 0 amide bonds. The van der Waals surface area contributed by atoms with Gasteiger partial charge in [-0.15, -0.1) is 0 Å². The number of benzene rings is 4. The Kier molecular flexibility index (Phi) is 8.06. The van der Waals surface area contributed by atoms with Crippen molar-refractivity contribution in [3.05, 3.63) is 107 Å². The van der Waals surface area contributed by atoms with Gasteiger partial charge >= 0.3 is 0 Å². The average molecular weight is 515 g/mol. The lowest BCUT2D eigenvalue weighted by atomic mass is 9.84. The molecule has 4 aromatic carbocycles. The summed E-state index contributed by atoms with van der Waals surface area (Å²) in [5.41, 5.74) is 3.31. The standard InChI is InChI=1S/C31H30O7/c1-38-31-17-25(34)13-6-21(31)7-14-26(19-2-9-23(32)10-3-19)27-16-22(29(36)18-30(27)37)8-15-28(35)20-4-11-24(33)12-5-20/h2-6,9-13,16-18,26,32-34,36-37H,7-8,14-15H2,1H3/t26-/m1/s1. The Labute approximate surface area is 220 Å². The van der Waals surface area contributed by atoms with Gasteiger partial charge in [0.1, 0.15) is 34.5 Å². The smallest absolute Gasteiger partial charge is 0.163 e. The molecular formula is C31H30O7. The Balaban J connectivity index is 1.63. The summed E-state index contributed by atoms with van der Waals surface area (Å²) < 4.78 is 5.42. The Morgan fingerprint density at radius 1 is 0.711 bits per heavy atom. The lowest BCUT2D eigenvalue weighted by molar-refractivity contribution is 0.0982. The van der Waals surface area contributed by atoms with Crippen LogP contribution in [0, 0.1) is 0 Å². The highest BCUT2D eigenvalue weighted by Gasteiger charge is 2.22. The maximum atomic E-state index is 12.7. The molecule has 7 heteroatoms. The molecule has 0 fully saturated rings. The van der Waals surface area contributed by atoms with Gasteiger partial charge in [0.05, 0.1) is 7.11 Å². The molecule has 0 spiro atoms. The maximum Gasteiger partial charge on any atom is 0.163 e. The number of Topliss-reactive ketones (excluding diaryl/α,β-unsaturated/α-hetero) is 1. The van der Waals surface area contributed by atoms with Gasteiger partial charge in [0.25, 0.3) is 0 Å². The third-order valence-corrected chi connectivity index (χ3v) is 6.68. The third-order valence-electron chi connectivity index (χ3n) is 6.68. The van der Waals surface area contributed by atoms with Crippen LogP contribution in [-0.4, -0.2) is 38.4 Å². The number of carbonyl (C=O) groups excluding carboxylic acids is 1. The van der Waals surface area contributed by atoms with E-state index in [4.69, 9.17) is 4.74 Å². The Morgan fingerprint density at radius 3 is 2.00 bits per heavy atom. The summed E-state index contributed by atoms with van der Waals surface area (Å²) in [7, 11) is 1.53. The number of carbonyl (C=O) groups is 1. The van der Waals surface area contributed by atoms with Gasteiger partial charge in [-0.3, -0.25) is 4.79 Å². The van der Waals surface area contributed by atoms with Crippen LogP contribution >= 0.6 is 0 Å². The molecule has 4 aromatic rings. The second-order valence-electron chi connectivity index (χ2n) is 9.19. The molecule has 0 aliphatic rings. The second-order valence-corrected chi connectivity index (χ2v) is 9.19. The van der Waals surface area contributed by atoms with Gasteiger partial charge in [-0.05, 0) is 84.5 Å². The fourth-order valence-corrected chi connectivity index (χ4v) is 4.61. The van der Waals surface area contributed by atoms with Crippen LogP contribution in [0.5, 0.6) is 34.5 Å². The predicted molar refractivity (Wildman–Crippen MR) is 143 cm³/mol. The number of rotatable bonds is 10. The van der Waals surface area contributed by atoms with Crippen molar-refractivity contribution in [2.45, 2.75) is 31.6 Å². The van der Waals surface area contributed by atoms with Gasteiger partial charge in [0.15, 0.2) is 5.78 Å². The van der Waals surface area contributed by atoms with E-state index in [1.54, 1.807) is 60.7 Å². The van der Waals surface area contributed by atoms with Crippen LogP contribution in [0.25, 0.3) is 0 Å². The van der Waals surface area contributed by atoms with Gasteiger partial charge in [-0.25, -0.2) is 0 Å². The molecule has 7 nitrogen and oxygen atoms in total. The van der Waals surface area contributed by atoms with Gasteiger partial charge in [-0.2, -0.15) is 0 Å². The van der Waals surface area contributed by atoms with E-state index >= 15 is 0 Å². The van der Waals surface area contributed by atoms with Crippen LogP contribution in [0.3, 0.4) is 0 Å². The summed E-state index contributed by atoms with van der Waals surface area (Å²) in [6.45, 7) is 0. The minimum atomic E-state index is -0.304. The van der Waals surface area contributed by atoms with E-state index in [-0.39, 0.29) is 53.3 Å². The molecule has 0 saturated heterocycles. The molecule has 1 atom stereocenters. The van der Waals surface area contributed by atoms with E-state index in [2.05, 4.69) is 0 Å². The van der Waals surface area contributed by atoms with E-state index in [9.17, 15) is 30.3 Å². The molecule has 0 saturated carbocycles. The Hall–Kier alpha value is -4.65. The van der Waals surface area contributed by atoms with Crippen LogP contribution in [0.4, 0.5) is 0 Å². The van der Waals surface area contributed by atoms with Gasteiger partial charge in [0, 0.05) is 35.6 Å². The van der Waals surface area contributed by atoms with E-state index in [1.165, 1.54) is 25.3 Å². The summed E-state index contributed by atoms with van der Waals surface area (Å²) in [6, 6.07) is 20.7. The molecule has 0 radical (unpaired) electrons. The van der Waals surface area contributed by atoms with E-state index in [1.807, 2.05) is 0 Å². The Bertz CT molecular complexity index is 1410. The number of methoxy groups -OCH3 is 1. The molecule has 0 aliphatic carbocycles. The first-order valence-electron chi connectivity index (χ1n) is 12.3. The molecular weight excluding hydrogens is 484 g/mol. The highest BCUT2D eigenvalue weighted by molar-refractivity contribution is 5.96. The normalized spacial score (nSPS) is 11.7. The number of phenolic OH excluding ortho intramolecular Hbond substituents is 5. The largest absolute Gasteiger partial charge is 0.508 e. The fourth-order valence-electron chi connectivity index (χ4n) is 4.61. The number of ether oxygens (including phenoxy) is 1. The van der Waals surface area contributed by atoms with Crippen LogP contribution in [0.2, 0.25) is 0 Å². The molecule has 5 N–H and O–H groups in total. The monoisotopic (exact) mass is 514 g/mol. The highest BCUT2D eigenvalue weighted by atomic mass is 16.5. The molecule has 4 rings (SSSR count). The van der Waals surface area contributed by atoms with E-state index < -0.39 is 0 Å². The van der Waals surface area contributed by atoms with Crippen molar-refractivity contribution in [3.8, 4) is 34.5 Å². The first-order chi connectivity index (χ1) is 18.2. The molecule has 0 unspecified atom stereocenters. The number of phenols is 5. The van der Waals surface area contributed by atoms with Crippen LogP contribution < -0.4 is 4.74 Å². The summed E-state index contributed by atoms with van der Waals surface area (Å²) in [5.74, 6) is 0.237. The molecule has 0 bridgehead atoms. The molecule has 0 heterocycles. The summed E-state index contributed by atoms with van der Waals surface area (Å²) in [4.78, 5) is 12.7. The molecule has 38 heavy (non-hydrogen) atoms. The van der Waals surface area contributed by atoms with Crippen LogP contribution in [0.1, 0.15) is 51.4 Å². The summed E-state index contributed by atoms with van der Waals surface area (Å²) >= 11 is 0. The third kappa shape index (κ3) is 6.18. The van der Waals surface area contributed by atoms with Crippen LogP contribution in [0.15, 0.2) is 78.9 Å². The SMILES string of the molecule is COc1cc(O)ccc1CC[C@H](c1ccc(O)cc1)c1cc(CCC(=O)c2ccc(O)cc2)c(O)cc1O. The topological polar surface area (TPSA) is 127 Å². The first-order valence-corrected chi connectivity index (χ1v) is 12.3. The minimum Gasteiger partial charge on any atom is -0.508 e. The van der Waals surface area contributed by atoms with Crippen molar-refractivity contribution in [1.82, 2.24) is 0 Å². The summed E-state index contributed by atoms with van der Waals surface area (Å²) in [6.07, 6.45) is 1.50. The number of hydrogen-bond donors (Lipinski definition) is 5. The number of ketones is 1. The van der Waals surface area contributed by atoms with Crippen molar-refractivity contribution < 1.29 is 35.1 Å². The van der Waals surface area contributed by atoms with E-state index in [0.717, 1.165) is 11.1 Å². The fraction of sp³-hybridized carbons (Fsp3) is 0.194. The number of hydrogen-bond acceptors (Lipinski definition) is 7. The van der Waals surface area contributed by atoms with Crippen molar-refractivity contribution in [1.29, 1.82) is 0 Å². The van der Waals surface area contributed by atoms with E-state index in [0.29, 0.717) is 35.3 Å². The highest BCUT2D eigenvalue weighted by Crippen LogP contribution is 2.40. The van der Waals surface area contributed by atoms with Crippen molar-refractivity contribution in [2.75, 3.05) is 7.11 Å².